The molecule has 0 aliphatic rings. The molecule has 4 N–H and O–H groups in total. The van der Waals surface area contributed by atoms with Gasteiger partial charge in [-0.1, -0.05) is 29.8 Å². The highest BCUT2D eigenvalue weighted by molar-refractivity contribution is 5.91. The van der Waals surface area contributed by atoms with E-state index in [1.54, 1.807) is 24.4 Å². The van der Waals surface area contributed by atoms with E-state index in [-0.39, 0.29) is 5.91 Å². The Bertz CT molecular complexity index is 633. The number of aromatic nitrogens is 1. The van der Waals surface area contributed by atoms with Crippen LogP contribution in [0.4, 0.5) is 11.5 Å². The maximum atomic E-state index is 11.7. The van der Waals surface area contributed by atoms with Gasteiger partial charge >= 0.3 is 0 Å². The summed E-state index contributed by atoms with van der Waals surface area (Å²) in [6.07, 6.45) is 4.92. The number of nitrogens with one attached hydrogen (secondary N) is 2. The topological polar surface area (TPSA) is 80.0 Å². The number of aryl methyl sites for hydroxylation is 1. The summed E-state index contributed by atoms with van der Waals surface area (Å²) in [7, 11) is 0. The lowest BCUT2D eigenvalue weighted by Gasteiger charge is -2.06. The lowest BCUT2D eigenvalue weighted by atomic mass is 10.1. The molecule has 22 heavy (non-hydrogen) atoms. The van der Waals surface area contributed by atoms with Crippen molar-refractivity contribution in [3.63, 3.8) is 0 Å². The number of pyridine rings is 1. The molecule has 1 heterocycles. The largest absolute Gasteiger partial charge is 0.397 e. The van der Waals surface area contributed by atoms with Gasteiger partial charge in [-0.3, -0.25) is 4.79 Å². The van der Waals surface area contributed by atoms with Crippen LogP contribution in [-0.4, -0.2) is 24.0 Å². The molecular formula is C17H20N4O. The van der Waals surface area contributed by atoms with Crippen LogP contribution in [0.5, 0.6) is 0 Å². The Morgan fingerprint density at radius 1 is 1.18 bits per heavy atom. The van der Waals surface area contributed by atoms with Gasteiger partial charge in [0.15, 0.2) is 0 Å². The average Bonchev–Trinajstić information content (AvgIpc) is 2.53. The van der Waals surface area contributed by atoms with Crippen LogP contribution in [0.25, 0.3) is 6.08 Å². The van der Waals surface area contributed by atoms with Crippen molar-refractivity contribution in [2.75, 3.05) is 24.1 Å². The van der Waals surface area contributed by atoms with Gasteiger partial charge in [-0.2, -0.15) is 0 Å². The first-order valence-electron chi connectivity index (χ1n) is 7.11. The maximum absolute atomic E-state index is 11.7. The number of carbonyl (C=O) groups excluding carboxylic acids is 1. The Balaban J connectivity index is 1.69. The zero-order valence-corrected chi connectivity index (χ0v) is 12.5. The standard InChI is InChI=1S/C17H20N4O/c1-13-2-4-14(5-3-13)6-9-17(22)20-11-10-19-16-8-7-15(18)12-21-16/h2-9,12H,10-11,18H2,1H3,(H,19,21)(H,20,22)/b9-6+. The highest BCUT2D eigenvalue weighted by Gasteiger charge is 1.96. The summed E-state index contributed by atoms with van der Waals surface area (Å²) in [5.74, 6) is 0.617. The third-order valence-corrected chi connectivity index (χ3v) is 3.02. The van der Waals surface area contributed by atoms with Crippen molar-refractivity contribution in [3.8, 4) is 0 Å². The molecule has 5 heteroatoms. The van der Waals surface area contributed by atoms with E-state index in [1.165, 1.54) is 11.6 Å². The molecule has 0 radical (unpaired) electrons. The van der Waals surface area contributed by atoms with Crippen LogP contribution >= 0.6 is 0 Å². The van der Waals surface area contributed by atoms with Crippen molar-refractivity contribution < 1.29 is 4.79 Å². The molecule has 0 bridgehead atoms. The predicted molar refractivity (Wildman–Crippen MR) is 90.4 cm³/mol. The smallest absolute Gasteiger partial charge is 0.244 e. The molecule has 2 rings (SSSR count). The van der Waals surface area contributed by atoms with Crippen LogP contribution in [0.15, 0.2) is 48.7 Å². The highest BCUT2D eigenvalue weighted by atomic mass is 16.1. The van der Waals surface area contributed by atoms with E-state index in [0.29, 0.717) is 18.8 Å². The van der Waals surface area contributed by atoms with Crippen LogP contribution in [0.1, 0.15) is 11.1 Å². The molecule has 0 aliphatic heterocycles. The van der Waals surface area contributed by atoms with Crippen molar-refractivity contribution in [3.05, 3.63) is 59.8 Å². The predicted octanol–water partition coefficient (Wildman–Crippen LogP) is 2.21. The van der Waals surface area contributed by atoms with Crippen LogP contribution in [0.2, 0.25) is 0 Å². The summed E-state index contributed by atoms with van der Waals surface area (Å²) in [6.45, 7) is 3.15. The second-order valence-corrected chi connectivity index (χ2v) is 4.94. The molecule has 0 fully saturated rings. The van der Waals surface area contributed by atoms with Gasteiger partial charge in [-0.15, -0.1) is 0 Å². The minimum atomic E-state index is -0.118. The number of nitrogen functional groups attached to an aromatic ring is 1. The summed E-state index contributed by atoms with van der Waals surface area (Å²) in [4.78, 5) is 15.8. The number of amides is 1. The van der Waals surface area contributed by atoms with E-state index in [4.69, 9.17) is 5.73 Å². The van der Waals surface area contributed by atoms with Crippen LogP contribution in [0.3, 0.4) is 0 Å². The Morgan fingerprint density at radius 2 is 1.95 bits per heavy atom. The van der Waals surface area contributed by atoms with Gasteiger partial charge in [0.2, 0.25) is 5.91 Å². The van der Waals surface area contributed by atoms with E-state index in [0.717, 1.165) is 11.4 Å². The van der Waals surface area contributed by atoms with Gasteiger partial charge in [-0.25, -0.2) is 4.98 Å². The molecule has 0 saturated heterocycles. The van der Waals surface area contributed by atoms with Crippen molar-refractivity contribution in [2.24, 2.45) is 0 Å². The first-order valence-corrected chi connectivity index (χ1v) is 7.11. The number of nitrogens with zero attached hydrogens (tertiary/aromatic N) is 1. The number of carbonyl (C=O) groups is 1. The molecule has 1 aromatic carbocycles. The van der Waals surface area contributed by atoms with E-state index in [2.05, 4.69) is 15.6 Å². The summed E-state index contributed by atoms with van der Waals surface area (Å²) in [5, 5.41) is 5.91. The van der Waals surface area contributed by atoms with Crippen LogP contribution in [-0.2, 0) is 4.79 Å². The SMILES string of the molecule is Cc1ccc(/C=C/C(=O)NCCNc2ccc(N)cn2)cc1. The Kier molecular flexibility index (Phi) is 5.54. The fraction of sp³-hybridized carbons (Fsp3) is 0.176. The molecule has 0 saturated carbocycles. The van der Waals surface area contributed by atoms with Crippen molar-refractivity contribution in [1.29, 1.82) is 0 Å². The number of hydrogen-bond donors (Lipinski definition) is 3. The quantitative estimate of drug-likeness (QED) is 0.564. The monoisotopic (exact) mass is 296 g/mol. The van der Waals surface area contributed by atoms with E-state index in [1.807, 2.05) is 31.2 Å². The maximum Gasteiger partial charge on any atom is 0.244 e. The minimum Gasteiger partial charge on any atom is -0.397 e. The minimum absolute atomic E-state index is 0.118. The van der Waals surface area contributed by atoms with Crippen molar-refractivity contribution in [1.82, 2.24) is 10.3 Å². The first kappa shape index (κ1) is 15.6. The molecule has 0 atom stereocenters. The zero-order chi connectivity index (χ0) is 15.8. The van der Waals surface area contributed by atoms with Crippen molar-refractivity contribution in [2.45, 2.75) is 6.92 Å². The second-order valence-electron chi connectivity index (χ2n) is 4.94. The molecule has 2 aromatic rings. The van der Waals surface area contributed by atoms with Gasteiger partial charge in [0.05, 0.1) is 11.9 Å². The number of anilines is 2. The Morgan fingerprint density at radius 3 is 2.64 bits per heavy atom. The third kappa shape index (κ3) is 5.28. The number of nitrogens with two attached hydrogens (primary N) is 1. The number of hydrogen-bond acceptors (Lipinski definition) is 4. The van der Waals surface area contributed by atoms with Gasteiger partial charge in [-0.05, 0) is 30.7 Å². The lowest BCUT2D eigenvalue weighted by Crippen LogP contribution is -2.27. The molecule has 0 spiro atoms. The molecule has 0 unspecified atom stereocenters. The fourth-order valence-electron chi connectivity index (χ4n) is 1.79. The van der Waals surface area contributed by atoms with Crippen LogP contribution < -0.4 is 16.4 Å². The zero-order valence-electron chi connectivity index (χ0n) is 12.5. The van der Waals surface area contributed by atoms with E-state index in [9.17, 15) is 4.79 Å². The summed E-state index contributed by atoms with van der Waals surface area (Å²) < 4.78 is 0. The van der Waals surface area contributed by atoms with Gasteiger partial charge in [0.1, 0.15) is 5.82 Å². The Labute approximate surface area is 130 Å². The van der Waals surface area contributed by atoms with Crippen LogP contribution in [0, 0.1) is 6.92 Å². The van der Waals surface area contributed by atoms with E-state index < -0.39 is 0 Å². The molecular weight excluding hydrogens is 276 g/mol. The number of benzene rings is 1. The molecule has 5 nitrogen and oxygen atoms in total. The highest BCUT2D eigenvalue weighted by Crippen LogP contribution is 2.05. The van der Waals surface area contributed by atoms with E-state index >= 15 is 0 Å². The summed E-state index contributed by atoms with van der Waals surface area (Å²) >= 11 is 0. The molecule has 114 valence electrons. The van der Waals surface area contributed by atoms with Gasteiger partial charge in [0.25, 0.3) is 0 Å². The second kappa shape index (κ2) is 7.83. The molecule has 1 aromatic heterocycles. The van der Waals surface area contributed by atoms with Crippen molar-refractivity contribution >= 4 is 23.5 Å². The number of rotatable bonds is 6. The third-order valence-electron chi connectivity index (χ3n) is 3.02. The summed E-state index contributed by atoms with van der Waals surface area (Å²) in [5.41, 5.74) is 8.38. The first-order chi connectivity index (χ1) is 10.6. The molecule has 0 aliphatic carbocycles. The van der Waals surface area contributed by atoms with Gasteiger partial charge in [0, 0.05) is 19.2 Å². The molecule has 1 amide bonds. The Hall–Kier alpha value is -2.82. The lowest BCUT2D eigenvalue weighted by molar-refractivity contribution is -0.116. The average molecular weight is 296 g/mol. The summed E-state index contributed by atoms with van der Waals surface area (Å²) in [6, 6.07) is 11.6. The fourth-order valence-corrected chi connectivity index (χ4v) is 1.79. The van der Waals surface area contributed by atoms with Gasteiger partial charge < -0.3 is 16.4 Å². The normalized spacial score (nSPS) is 10.6.